The number of aryl methyl sites for hydroxylation is 2. The van der Waals surface area contributed by atoms with Gasteiger partial charge in [0.15, 0.2) is 5.78 Å². The third kappa shape index (κ3) is 2.64. The van der Waals surface area contributed by atoms with Crippen LogP contribution in [0.2, 0.25) is 0 Å². The van der Waals surface area contributed by atoms with Gasteiger partial charge in [-0.15, -0.1) is 17.9 Å². The third-order valence-corrected chi connectivity index (χ3v) is 6.80. The Balaban J connectivity index is 1.61. The number of rotatable bonds is 5. The molecule has 1 aliphatic heterocycles. The van der Waals surface area contributed by atoms with Crippen LogP contribution < -0.4 is 5.32 Å². The molecule has 3 amide bonds. The van der Waals surface area contributed by atoms with Crippen LogP contribution >= 0.6 is 11.3 Å². The maximum Gasteiger partial charge on any atom is 0.325 e. The Morgan fingerprint density at radius 1 is 1.39 bits per heavy atom. The predicted octanol–water partition coefficient (Wildman–Crippen LogP) is 3.32. The first kappa shape index (κ1) is 18.7. The zero-order valence-corrected chi connectivity index (χ0v) is 16.9. The zero-order chi connectivity index (χ0) is 20.1. The molecule has 146 valence electrons. The van der Waals surface area contributed by atoms with E-state index in [2.05, 4.69) is 11.9 Å². The van der Waals surface area contributed by atoms with E-state index < -0.39 is 11.6 Å². The van der Waals surface area contributed by atoms with E-state index in [1.165, 1.54) is 0 Å². The summed E-state index contributed by atoms with van der Waals surface area (Å²) in [7, 11) is 0. The van der Waals surface area contributed by atoms with Gasteiger partial charge in [0.1, 0.15) is 5.54 Å². The molecule has 2 aliphatic rings. The standard InChI is InChI=1S/C21H23N3O3S/c1-4-9-23-13(2)11-15(14(23)3)17(25)12-24-19(26)21(22-20(24)27)8-5-6-18-16(21)7-10-28-18/h4,7,10-11H,1,5-6,8-9,12H2,2-3H3,(H,22,27)/t21-/m1/s1. The van der Waals surface area contributed by atoms with Crippen LogP contribution in [-0.2, 0) is 23.3 Å². The van der Waals surface area contributed by atoms with Crippen molar-refractivity contribution < 1.29 is 14.4 Å². The van der Waals surface area contributed by atoms with Crippen molar-refractivity contribution in [3.63, 3.8) is 0 Å². The normalized spacial score (nSPS) is 21.1. The molecule has 3 heterocycles. The topological polar surface area (TPSA) is 71.4 Å². The number of hydrogen-bond acceptors (Lipinski definition) is 4. The molecule has 1 fully saturated rings. The van der Waals surface area contributed by atoms with Crippen LogP contribution in [0.5, 0.6) is 0 Å². The number of amides is 3. The molecule has 4 rings (SSSR count). The van der Waals surface area contributed by atoms with Gasteiger partial charge < -0.3 is 9.88 Å². The van der Waals surface area contributed by atoms with E-state index in [1.54, 1.807) is 17.4 Å². The molecule has 0 bridgehead atoms. The Labute approximate surface area is 167 Å². The first-order valence-corrected chi connectivity index (χ1v) is 10.3. The summed E-state index contributed by atoms with van der Waals surface area (Å²) in [5, 5.41) is 4.85. The van der Waals surface area contributed by atoms with Gasteiger partial charge in [0, 0.05) is 33.9 Å². The highest BCUT2D eigenvalue weighted by Gasteiger charge is 2.54. The number of aromatic nitrogens is 1. The Morgan fingerprint density at radius 3 is 2.93 bits per heavy atom. The highest BCUT2D eigenvalue weighted by molar-refractivity contribution is 7.10. The molecule has 2 aromatic heterocycles. The average Bonchev–Trinajstić information content (AvgIpc) is 3.31. The van der Waals surface area contributed by atoms with E-state index in [1.807, 2.05) is 35.9 Å². The summed E-state index contributed by atoms with van der Waals surface area (Å²) < 4.78 is 1.99. The van der Waals surface area contributed by atoms with Gasteiger partial charge in [0.05, 0.1) is 6.54 Å². The number of fused-ring (bicyclic) bond motifs is 2. The van der Waals surface area contributed by atoms with Gasteiger partial charge in [0.2, 0.25) is 0 Å². The molecule has 7 heteroatoms. The summed E-state index contributed by atoms with van der Waals surface area (Å²) in [6, 6.07) is 3.25. The molecule has 28 heavy (non-hydrogen) atoms. The fourth-order valence-corrected chi connectivity index (χ4v) is 5.41. The van der Waals surface area contributed by atoms with Gasteiger partial charge in [-0.05, 0) is 50.6 Å². The molecule has 0 saturated carbocycles. The highest BCUT2D eigenvalue weighted by atomic mass is 32.1. The van der Waals surface area contributed by atoms with Crippen molar-refractivity contribution in [1.29, 1.82) is 0 Å². The summed E-state index contributed by atoms with van der Waals surface area (Å²) in [5.41, 5.74) is 2.19. The lowest BCUT2D eigenvalue weighted by Crippen LogP contribution is -2.46. The van der Waals surface area contributed by atoms with Gasteiger partial charge in [-0.3, -0.25) is 14.5 Å². The Kier molecular flexibility index (Phi) is 4.50. The lowest BCUT2D eigenvalue weighted by atomic mass is 9.80. The number of imide groups is 1. The number of carbonyl (C=O) groups excluding carboxylic acids is 3. The van der Waals surface area contributed by atoms with Gasteiger partial charge in [-0.1, -0.05) is 6.08 Å². The van der Waals surface area contributed by atoms with Crippen molar-refractivity contribution in [3.05, 3.63) is 57.6 Å². The second kappa shape index (κ2) is 6.74. The predicted molar refractivity (Wildman–Crippen MR) is 108 cm³/mol. The molecule has 1 N–H and O–H groups in total. The first-order chi connectivity index (χ1) is 13.4. The highest BCUT2D eigenvalue weighted by Crippen LogP contribution is 2.42. The lowest BCUT2D eigenvalue weighted by molar-refractivity contribution is -0.131. The molecule has 1 atom stereocenters. The molecule has 0 aromatic carbocycles. The molecule has 1 saturated heterocycles. The van der Waals surface area contributed by atoms with Gasteiger partial charge >= 0.3 is 6.03 Å². The summed E-state index contributed by atoms with van der Waals surface area (Å²) >= 11 is 1.61. The number of hydrogen-bond donors (Lipinski definition) is 1. The van der Waals surface area contributed by atoms with Crippen molar-refractivity contribution in [2.24, 2.45) is 0 Å². The van der Waals surface area contributed by atoms with Crippen LogP contribution in [0.4, 0.5) is 4.79 Å². The number of nitrogens with zero attached hydrogens (tertiary/aromatic N) is 2. The fourth-order valence-electron chi connectivity index (χ4n) is 4.41. The van der Waals surface area contributed by atoms with Crippen molar-refractivity contribution in [1.82, 2.24) is 14.8 Å². The van der Waals surface area contributed by atoms with Crippen molar-refractivity contribution in [2.75, 3.05) is 6.54 Å². The molecular formula is C21H23N3O3S. The molecular weight excluding hydrogens is 374 g/mol. The number of Topliss-reactive ketones (excluding diaryl/α,β-unsaturated/α-hetero) is 1. The summed E-state index contributed by atoms with van der Waals surface area (Å²) in [6.07, 6.45) is 4.10. The minimum absolute atomic E-state index is 0.231. The van der Waals surface area contributed by atoms with Gasteiger partial charge in [-0.2, -0.15) is 0 Å². The van der Waals surface area contributed by atoms with E-state index in [9.17, 15) is 14.4 Å². The first-order valence-electron chi connectivity index (χ1n) is 9.41. The summed E-state index contributed by atoms with van der Waals surface area (Å²) in [4.78, 5) is 41.1. The quantitative estimate of drug-likeness (QED) is 0.478. The third-order valence-electron chi connectivity index (χ3n) is 5.82. The molecule has 1 spiro atoms. The van der Waals surface area contributed by atoms with Crippen LogP contribution in [0.15, 0.2) is 30.2 Å². The van der Waals surface area contributed by atoms with Crippen LogP contribution in [0.3, 0.4) is 0 Å². The fraction of sp³-hybridized carbons (Fsp3) is 0.381. The number of urea groups is 1. The summed E-state index contributed by atoms with van der Waals surface area (Å²) in [6.45, 7) is 7.91. The van der Waals surface area contributed by atoms with Crippen LogP contribution in [0, 0.1) is 13.8 Å². The van der Waals surface area contributed by atoms with Crippen LogP contribution in [0.25, 0.3) is 0 Å². The Hall–Kier alpha value is -2.67. The molecule has 6 nitrogen and oxygen atoms in total. The lowest BCUT2D eigenvalue weighted by Gasteiger charge is -2.31. The Bertz CT molecular complexity index is 1000. The number of nitrogens with one attached hydrogen (secondary N) is 1. The van der Waals surface area contributed by atoms with Gasteiger partial charge in [0.25, 0.3) is 5.91 Å². The smallest absolute Gasteiger partial charge is 0.325 e. The number of allylic oxidation sites excluding steroid dienone is 1. The largest absolute Gasteiger partial charge is 0.345 e. The number of thiophene rings is 1. The van der Waals surface area contributed by atoms with Crippen LogP contribution in [0.1, 0.15) is 45.0 Å². The minimum Gasteiger partial charge on any atom is -0.345 e. The van der Waals surface area contributed by atoms with E-state index in [0.29, 0.717) is 18.5 Å². The van der Waals surface area contributed by atoms with Gasteiger partial charge in [-0.25, -0.2) is 4.79 Å². The molecule has 1 aliphatic carbocycles. The SMILES string of the molecule is C=CCn1c(C)cc(C(=O)CN2C(=O)N[C@@]3(CCCc4sccc43)C2=O)c1C. The van der Waals surface area contributed by atoms with E-state index in [-0.39, 0.29) is 18.2 Å². The summed E-state index contributed by atoms with van der Waals surface area (Å²) in [5.74, 6) is -0.546. The number of ketones is 1. The second-order valence-corrected chi connectivity index (χ2v) is 8.45. The zero-order valence-electron chi connectivity index (χ0n) is 16.1. The van der Waals surface area contributed by atoms with E-state index in [0.717, 1.165) is 39.6 Å². The maximum atomic E-state index is 13.3. The molecule has 0 unspecified atom stereocenters. The maximum absolute atomic E-state index is 13.3. The van der Waals surface area contributed by atoms with Crippen molar-refractivity contribution in [2.45, 2.75) is 45.2 Å². The van der Waals surface area contributed by atoms with E-state index >= 15 is 0 Å². The molecule has 0 radical (unpaired) electrons. The minimum atomic E-state index is -1.01. The number of carbonyl (C=O) groups is 3. The monoisotopic (exact) mass is 397 g/mol. The average molecular weight is 398 g/mol. The Morgan fingerprint density at radius 2 is 2.18 bits per heavy atom. The van der Waals surface area contributed by atoms with E-state index in [4.69, 9.17) is 0 Å². The second-order valence-electron chi connectivity index (χ2n) is 7.45. The van der Waals surface area contributed by atoms with Crippen molar-refractivity contribution >= 4 is 29.1 Å². The molecule has 2 aromatic rings. The van der Waals surface area contributed by atoms with Crippen molar-refractivity contribution in [3.8, 4) is 0 Å². The van der Waals surface area contributed by atoms with Crippen LogP contribution in [-0.4, -0.2) is 33.7 Å².